The number of methoxy groups -OCH3 is 1. The van der Waals surface area contributed by atoms with Gasteiger partial charge in [0.05, 0.1) is 0 Å². The van der Waals surface area contributed by atoms with Crippen molar-refractivity contribution in [2.45, 2.75) is 19.0 Å². The molecule has 17 heavy (non-hydrogen) atoms. The van der Waals surface area contributed by atoms with Gasteiger partial charge in [-0.25, -0.2) is 0 Å². The lowest BCUT2D eigenvalue weighted by Gasteiger charge is -2.27. The third-order valence-corrected chi connectivity index (χ3v) is 3.12. The number of hydrogen-bond donors (Lipinski definition) is 1. The van der Waals surface area contributed by atoms with Crippen molar-refractivity contribution >= 4 is 5.97 Å². The zero-order chi connectivity index (χ0) is 13.1. The van der Waals surface area contributed by atoms with Gasteiger partial charge in [-0.15, -0.1) is 0 Å². The molecule has 0 aromatic rings. The predicted octanol–water partition coefficient (Wildman–Crippen LogP) is 1.36. The second-order valence-electron chi connectivity index (χ2n) is 4.26. The number of carbonyl (C=O) groups is 1. The van der Waals surface area contributed by atoms with Crippen molar-refractivity contribution in [1.82, 2.24) is 4.90 Å². The predicted molar refractivity (Wildman–Crippen MR) is 53.7 cm³/mol. The maximum absolute atomic E-state index is 12.8. The highest BCUT2D eigenvalue weighted by Gasteiger charge is 2.63. The van der Waals surface area contributed by atoms with Gasteiger partial charge in [-0.05, 0) is 19.4 Å². The lowest BCUT2D eigenvalue weighted by molar-refractivity contribution is -0.227. The summed E-state index contributed by atoms with van der Waals surface area (Å²) in [5.74, 6) is -1.78. The molecule has 0 spiro atoms. The van der Waals surface area contributed by atoms with Crippen LogP contribution in [0.15, 0.2) is 0 Å². The average Bonchev–Trinajstić information content (AvgIpc) is 2.63. The highest BCUT2D eigenvalue weighted by atomic mass is 19.4. The van der Waals surface area contributed by atoms with Crippen LogP contribution in [0.3, 0.4) is 0 Å². The van der Waals surface area contributed by atoms with E-state index in [9.17, 15) is 18.0 Å². The summed E-state index contributed by atoms with van der Waals surface area (Å²) in [5.41, 5.74) is -2.60. The van der Waals surface area contributed by atoms with E-state index in [0.717, 1.165) is 0 Å². The van der Waals surface area contributed by atoms with Crippen molar-refractivity contribution in [2.75, 3.05) is 33.4 Å². The minimum Gasteiger partial charge on any atom is -0.481 e. The Bertz CT molecular complexity index is 282. The van der Waals surface area contributed by atoms with E-state index in [-0.39, 0.29) is 13.0 Å². The van der Waals surface area contributed by atoms with Crippen LogP contribution in [0.25, 0.3) is 0 Å². The van der Waals surface area contributed by atoms with Gasteiger partial charge in [0.25, 0.3) is 0 Å². The lowest BCUT2D eigenvalue weighted by atomic mass is 9.86. The Morgan fingerprint density at radius 3 is 2.59 bits per heavy atom. The smallest absolute Gasteiger partial charge is 0.406 e. The second-order valence-corrected chi connectivity index (χ2v) is 4.26. The standard InChI is InChI=1S/C10H16F3NO3/c1-17-6-2-4-14-5-3-9(7-14,8(15)16)10(11,12)13/h2-7H2,1H3,(H,15,16). The molecular formula is C10H16F3NO3. The third kappa shape index (κ3) is 2.90. The van der Waals surface area contributed by atoms with Crippen LogP contribution in [0.2, 0.25) is 0 Å². The Morgan fingerprint density at radius 2 is 2.18 bits per heavy atom. The van der Waals surface area contributed by atoms with Crippen LogP contribution in [-0.4, -0.2) is 55.5 Å². The molecule has 1 atom stereocenters. The van der Waals surface area contributed by atoms with E-state index in [0.29, 0.717) is 19.6 Å². The van der Waals surface area contributed by atoms with Crippen molar-refractivity contribution in [3.8, 4) is 0 Å². The fourth-order valence-electron chi connectivity index (χ4n) is 2.04. The van der Waals surface area contributed by atoms with E-state index in [2.05, 4.69) is 0 Å². The number of carboxylic acid groups (broad SMARTS) is 1. The molecule has 0 radical (unpaired) electrons. The number of likely N-dealkylation sites (tertiary alicyclic amines) is 1. The molecule has 7 heteroatoms. The van der Waals surface area contributed by atoms with E-state index in [1.807, 2.05) is 0 Å². The van der Waals surface area contributed by atoms with E-state index < -0.39 is 24.1 Å². The first-order chi connectivity index (χ1) is 7.83. The molecule has 1 saturated heterocycles. The van der Waals surface area contributed by atoms with Gasteiger partial charge in [0, 0.05) is 26.8 Å². The van der Waals surface area contributed by atoms with E-state index in [1.54, 1.807) is 0 Å². The maximum Gasteiger partial charge on any atom is 0.406 e. The topological polar surface area (TPSA) is 49.8 Å². The number of carboxylic acids is 1. The van der Waals surface area contributed by atoms with Crippen LogP contribution in [0.4, 0.5) is 13.2 Å². The second kappa shape index (κ2) is 5.22. The zero-order valence-corrected chi connectivity index (χ0v) is 9.59. The van der Waals surface area contributed by atoms with Crippen molar-refractivity contribution in [1.29, 1.82) is 0 Å². The normalized spacial score (nSPS) is 26.4. The monoisotopic (exact) mass is 255 g/mol. The SMILES string of the molecule is COCCCN1CCC(C(=O)O)(C(F)(F)F)C1. The van der Waals surface area contributed by atoms with Crippen LogP contribution in [0.1, 0.15) is 12.8 Å². The number of halogens is 3. The first-order valence-corrected chi connectivity index (χ1v) is 5.35. The van der Waals surface area contributed by atoms with Crippen molar-refractivity contribution in [3.05, 3.63) is 0 Å². The van der Waals surface area contributed by atoms with Gasteiger partial charge in [0.2, 0.25) is 0 Å². The van der Waals surface area contributed by atoms with Crippen molar-refractivity contribution in [3.63, 3.8) is 0 Å². The van der Waals surface area contributed by atoms with Gasteiger partial charge in [0.15, 0.2) is 5.41 Å². The molecule has 0 aromatic heterocycles. The summed E-state index contributed by atoms with van der Waals surface area (Å²) in [4.78, 5) is 12.4. The number of hydrogen-bond acceptors (Lipinski definition) is 3. The Labute approximate surface area is 97.3 Å². The fourth-order valence-corrected chi connectivity index (χ4v) is 2.04. The molecule has 1 aliphatic rings. The third-order valence-electron chi connectivity index (χ3n) is 3.12. The Kier molecular flexibility index (Phi) is 4.37. The average molecular weight is 255 g/mol. The van der Waals surface area contributed by atoms with Gasteiger partial charge < -0.3 is 14.7 Å². The molecule has 1 aliphatic heterocycles. The van der Waals surface area contributed by atoms with Crippen molar-refractivity contribution in [2.24, 2.45) is 5.41 Å². The molecule has 0 bridgehead atoms. The van der Waals surface area contributed by atoms with E-state index >= 15 is 0 Å². The molecule has 0 saturated carbocycles. The molecule has 1 unspecified atom stereocenters. The fraction of sp³-hybridized carbons (Fsp3) is 0.900. The summed E-state index contributed by atoms with van der Waals surface area (Å²) >= 11 is 0. The molecular weight excluding hydrogens is 239 g/mol. The highest BCUT2D eigenvalue weighted by molar-refractivity contribution is 5.76. The van der Waals surface area contributed by atoms with Gasteiger partial charge in [0.1, 0.15) is 0 Å². The molecule has 1 rings (SSSR count). The van der Waals surface area contributed by atoms with E-state index in [1.165, 1.54) is 12.0 Å². The number of nitrogens with zero attached hydrogens (tertiary/aromatic N) is 1. The van der Waals surface area contributed by atoms with E-state index in [4.69, 9.17) is 9.84 Å². The molecule has 0 amide bonds. The number of alkyl halides is 3. The van der Waals surface area contributed by atoms with Gasteiger partial charge in [-0.3, -0.25) is 4.79 Å². The van der Waals surface area contributed by atoms with Crippen LogP contribution in [-0.2, 0) is 9.53 Å². The first kappa shape index (κ1) is 14.2. The molecule has 1 heterocycles. The molecule has 100 valence electrons. The van der Waals surface area contributed by atoms with Crippen LogP contribution in [0.5, 0.6) is 0 Å². The summed E-state index contributed by atoms with van der Waals surface area (Å²) in [6.45, 7) is 0.590. The maximum atomic E-state index is 12.8. The minimum absolute atomic E-state index is 0.162. The summed E-state index contributed by atoms with van der Waals surface area (Å²) in [6, 6.07) is 0. The molecule has 0 aromatic carbocycles. The summed E-state index contributed by atoms with van der Waals surface area (Å²) in [6.07, 6.45) is -4.47. The Hall–Kier alpha value is -0.820. The van der Waals surface area contributed by atoms with Crippen LogP contribution < -0.4 is 0 Å². The Morgan fingerprint density at radius 1 is 1.53 bits per heavy atom. The lowest BCUT2D eigenvalue weighted by Crippen LogP contribution is -2.47. The zero-order valence-electron chi connectivity index (χ0n) is 9.59. The van der Waals surface area contributed by atoms with Crippen molar-refractivity contribution < 1.29 is 27.8 Å². The number of aliphatic carboxylic acids is 1. The van der Waals surface area contributed by atoms with Crippen LogP contribution in [0, 0.1) is 5.41 Å². The summed E-state index contributed by atoms with van der Waals surface area (Å²) in [5, 5.41) is 8.82. The van der Waals surface area contributed by atoms with Gasteiger partial charge in [-0.2, -0.15) is 13.2 Å². The minimum atomic E-state index is -4.70. The largest absolute Gasteiger partial charge is 0.481 e. The number of ether oxygens (including phenoxy) is 1. The summed E-state index contributed by atoms with van der Waals surface area (Å²) in [7, 11) is 1.52. The van der Waals surface area contributed by atoms with Gasteiger partial charge >= 0.3 is 12.1 Å². The molecule has 0 aliphatic carbocycles. The van der Waals surface area contributed by atoms with Gasteiger partial charge in [-0.1, -0.05) is 0 Å². The van der Waals surface area contributed by atoms with Crippen LogP contribution >= 0.6 is 0 Å². The number of rotatable bonds is 5. The Balaban J connectivity index is 2.63. The highest BCUT2D eigenvalue weighted by Crippen LogP contribution is 2.45. The molecule has 4 nitrogen and oxygen atoms in total. The quantitative estimate of drug-likeness (QED) is 0.754. The molecule has 1 fully saturated rings. The summed E-state index contributed by atoms with van der Waals surface area (Å²) < 4.78 is 43.2. The first-order valence-electron chi connectivity index (χ1n) is 5.35. The molecule has 1 N–H and O–H groups in total.